The van der Waals surface area contributed by atoms with Crippen molar-refractivity contribution in [2.24, 2.45) is 11.8 Å². The maximum atomic E-state index is 12.2. The monoisotopic (exact) mass is 282 g/mol. The molecule has 2 atom stereocenters. The third kappa shape index (κ3) is 3.39. The number of amides is 1. The number of halogens is 1. The van der Waals surface area contributed by atoms with Crippen LogP contribution >= 0.6 is 11.6 Å². The molecular formula is C14H19ClN2O2. The summed E-state index contributed by atoms with van der Waals surface area (Å²) in [5, 5.41) is 6.72. The van der Waals surface area contributed by atoms with Gasteiger partial charge in [-0.25, -0.2) is 0 Å². The molecule has 1 aromatic carbocycles. The normalized spacial score (nSPS) is 22.3. The Bertz CT molecular complexity index is 465. The molecule has 1 aromatic rings. The summed E-state index contributed by atoms with van der Waals surface area (Å²) in [5.74, 6) is 1.00. The van der Waals surface area contributed by atoms with Gasteiger partial charge in [-0.2, -0.15) is 0 Å². The minimum atomic E-state index is -0.00606. The molecule has 0 aliphatic carbocycles. The van der Waals surface area contributed by atoms with Crippen molar-refractivity contribution in [1.82, 2.24) is 5.32 Å². The number of anilines is 1. The third-order valence-electron chi connectivity index (χ3n) is 3.35. The third-order valence-corrected chi connectivity index (χ3v) is 3.59. The van der Waals surface area contributed by atoms with Crippen LogP contribution < -0.4 is 15.4 Å². The van der Waals surface area contributed by atoms with Gasteiger partial charge in [0.15, 0.2) is 0 Å². The molecule has 1 amide bonds. The van der Waals surface area contributed by atoms with Crippen LogP contribution in [0.25, 0.3) is 0 Å². The van der Waals surface area contributed by atoms with Crippen molar-refractivity contribution < 1.29 is 9.53 Å². The molecule has 0 aromatic heterocycles. The fourth-order valence-electron chi connectivity index (χ4n) is 2.27. The molecule has 0 bridgehead atoms. The van der Waals surface area contributed by atoms with Gasteiger partial charge in [0.2, 0.25) is 5.91 Å². The summed E-state index contributed by atoms with van der Waals surface area (Å²) in [6, 6.07) is 5.25. The average molecular weight is 283 g/mol. The van der Waals surface area contributed by atoms with Crippen molar-refractivity contribution >= 4 is 23.2 Å². The van der Waals surface area contributed by atoms with Crippen LogP contribution in [0.2, 0.25) is 5.02 Å². The zero-order valence-electron chi connectivity index (χ0n) is 11.2. The molecule has 1 fully saturated rings. The Morgan fingerprint density at radius 3 is 2.95 bits per heavy atom. The summed E-state index contributed by atoms with van der Waals surface area (Å²) in [7, 11) is 0. The van der Waals surface area contributed by atoms with E-state index in [4.69, 9.17) is 16.3 Å². The van der Waals surface area contributed by atoms with E-state index in [-0.39, 0.29) is 11.8 Å². The van der Waals surface area contributed by atoms with Crippen molar-refractivity contribution in [1.29, 1.82) is 0 Å². The van der Waals surface area contributed by atoms with Crippen LogP contribution in [0.15, 0.2) is 18.2 Å². The standard InChI is InChI=1S/C14H19ClN2O2/c1-3-19-13-5-4-10(15)6-12(13)17-14(18)11-8-16-7-9(11)2/h4-6,9,11,16H,3,7-8H2,1-2H3,(H,17,18)/t9-,11-/m1/s1. The molecule has 1 aliphatic rings. The van der Waals surface area contributed by atoms with Gasteiger partial charge in [0.05, 0.1) is 18.2 Å². The fourth-order valence-corrected chi connectivity index (χ4v) is 2.44. The number of carbonyl (C=O) groups is 1. The Morgan fingerprint density at radius 1 is 1.53 bits per heavy atom. The van der Waals surface area contributed by atoms with E-state index >= 15 is 0 Å². The number of rotatable bonds is 4. The number of carbonyl (C=O) groups excluding carboxylic acids is 1. The van der Waals surface area contributed by atoms with Crippen LogP contribution in [0.5, 0.6) is 5.75 Å². The second-order valence-electron chi connectivity index (χ2n) is 4.80. The van der Waals surface area contributed by atoms with Crippen LogP contribution in [0.4, 0.5) is 5.69 Å². The van der Waals surface area contributed by atoms with Crippen molar-refractivity contribution in [3.8, 4) is 5.75 Å². The first kappa shape index (κ1) is 14.2. The number of ether oxygens (including phenoxy) is 1. The summed E-state index contributed by atoms with van der Waals surface area (Å²) >= 11 is 5.97. The number of hydrogen-bond acceptors (Lipinski definition) is 3. The van der Waals surface area contributed by atoms with Gasteiger partial charge in [-0.3, -0.25) is 4.79 Å². The largest absolute Gasteiger partial charge is 0.492 e. The van der Waals surface area contributed by atoms with Gasteiger partial charge in [0.1, 0.15) is 5.75 Å². The first-order valence-electron chi connectivity index (χ1n) is 6.55. The average Bonchev–Trinajstić information content (AvgIpc) is 2.79. The second kappa shape index (κ2) is 6.26. The van der Waals surface area contributed by atoms with E-state index in [1.54, 1.807) is 18.2 Å². The molecule has 1 heterocycles. The lowest BCUT2D eigenvalue weighted by molar-refractivity contribution is -0.120. The highest BCUT2D eigenvalue weighted by molar-refractivity contribution is 6.31. The molecule has 19 heavy (non-hydrogen) atoms. The molecular weight excluding hydrogens is 264 g/mol. The molecule has 0 radical (unpaired) electrons. The van der Waals surface area contributed by atoms with Gasteiger partial charge < -0.3 is 15.4 Å². The topological polar surface area (TPSA) is 50.4 Å². The van der Waals surface area contributed by atoms with Crippen molar-refractivity contribution in [3.05, 3.63) is 23.2 Å². The van der Waals surface area contributed by atoms with Gasteiger partial charge in [-0.15, -0.1) is 0 Å². The molecule has 5 heteroatoms. The van der Waals surface area contributed by atoms with E-state index in [0.29, 0.717) is 29.0 Å². The van der Waals surface area contributed by atoms with Crippen molar-refractivity contribution in [2.45, 2.75) is 13.8 Å². The molecule has 104 valence electrons. The predicted molar refractivity (Wildman–Crippen MR) is 76.8 cm³/mol. The zero-order valence-corrected chi connectivity index (χ0v) is 12.0. The molecule has 0 spiro atoms. The van der Waals surface area contributed by atoms with E-state index in [9.17, 15) is 4.79 Å². The van der Waals surface area contributed by atoms with Crippen LogP contribution in [-0.2, 0) is 4.79 Å². The SMILES string of the molecule is CCOc1ccc(Cl)cc1NC(=O)[C@@H]1CNC[C@H]1C. The lowest BCUT2D eigenvalue weighted by Crippen LogP contribution is -2.28. The van der Waals surface area contributed by atoms with E-state index in [2.05, 4.69) is 17.6 Å². The molecule has 4 nitrogen and oxygen atoms in total. The van der Waals surface area contributed by atoms with E-state index in [1.807, 2.05) is 6.92 Å². The summed E-state index contributed by atoms with van der Waals surface area (Å²) in [4.78, 5) is 12.2. The van der Waals surface area contributed by atoms with Crippen LogP contribution in [0.3, 0.4) is 0 Å². The second-order valence-corrected chi connectivity index (χ2v) is 5.24. The lowest BCUT2D eigenvalue weighted by atomic mass is 9.97. The van der Waals surface area contributed by atoms with Gasteiger partial charge in [-0.05, 0) is 37.6 Å². The first-order chi connectivity index (χ1) is 9.11. The Morgan fingerprint density at radius 2 is 2.32 bits per heavy atom. The highest BCUT2D eigenvalue weighted by atomic mass is 35.5. The molecule has 2 N–H and O–H groups in total. The van der Waals surface area contributed by atoms with Gasteiger partial charge in [0.25, 0.3) is 0 Å². The van der Waals surface area contributed by atoms with Crippen molar-refractivity contribution in [2.75, 3.05) is 25.0 Å². The maximum Gasteiger partial charge on any atom is 0.229 e. The van der Waals surface area contributed by atoms with Gasteiger partial charge in [0, 0.05) is 11.6 Å². The molecule has 0 unspecified atom stereocenters. The highest BCUT2D eigenvalue weighted by Gasteiger charge is 2.29. The lowest BCUT2D eigenvalue weighted by Gasteiger charge is -2.16. The first-order valence-corrected chi connectivity index (χ1v) is 6.93. The Kier molecular flexibility index (Phi) is 4.66. The zero-order chi connectivity index (χ0) is 13.8. The summed E-state index contributed by atoms with van der Waals surface area (Å²) in [6.45, 7) is 6.13. The minimum absolute atomic E-state index is 0.00606. The van der Waals surface area contributed by atoms with Crippen LogP contribution in [0, 0.1) is 11.8 Å². The number of benzene rings is 1. The summed E-state index contributed by atoms with van der Waals surface area (Å²) < 4.78 is 5.49. The van der Waals surface area contributed by atoms with E-state index in [0.717, 1.165) is 13.1 Å². The van der Waals surface area contributed by atoms with Crippen LogP contribution in [0.1, 0.15) is 13.8 Å². The summed E-state index contributed by atoms with van der Waals surface area (Å²) in [5.41, 5.74) is 0.637. The van der Waals surface area contributed by atoms with Crippen molar-refractivity contribution in [3.63, 3.8) is 0 Å². The Labute approximate surface area is 118 Å². The van der Waals surface area contributed by atoms with Gasteiger partial charge in [-0.1, -0.05) is 18.5 Å². The Hall–Kier alpha value is -1.26. The minimum Gasteiger partial charge on any atom is -0.492 e. The quantitative estimate of drug-likeness (QED) is 0.892. The number of nitrogens with one attached hydrogen (secondary N) is 2. The molecule has 0 saturated carbocycles. The highest BCUT2D eigenvalue weighted by Crippen LogP contribution is 2.29. The number of hydrogen-bond donors (Lipinski definition) is 2. The van der Waals surface area contributed by atoms with E-state index in [1.165, 1.54) is 0 Å². The molecule has 1 saturated heterocycles. The maximum absolute atomic E-state index is 12.2. The fraction of sp³-hybridized carbons (Fsp3) is 0.500. The van der Waals surface area contributed by atoms with Crippen LogP contribution in [-0.4, -0.2) is 25.6 Å². The smallest absolute Gasteiger partial charge is 0.229 e. The predicted octanol–water partition coefficient (Wildman–Crippen LogP) is 2.53. The molecule has 2 rings (SSSR count). The molecule has 1 aliphatic heterocycles. The van der Waals surface area contributed by atoms with E-state index < -0.39 is 0 Å². The van der Waals surface area contributed by atoms with Gasteiger partial charge >= 0.3 is 0 Å². The Balaban J connectivity index is 2.13. The summed E-state index contributed by atoms with van der Waals surface area (Å²) in [6.07, 6.45) is 0.